The van der Waals surface area contributed by atoms with Crippen LogP contribution in [0.15, 0.2) is 42.5 Å². The monoisotopic (exact) mass is 264 g/mol. The van der Waals surface area contributed by atoms with Crippen LogP contribution in [0.3, 0.4) is 0 Å². The van der Waals surface area contributed by atoms with Crippen LogP contribution in [0.4, 0.5) is 25.8 Å². The van der Waals surface area contributed by atoms with Gasteiger partial charge in [0.1, 0.15) is 0 Å². The van der Waals surface area contributed by atoms with Crippen molar-refractivity contribution in [1.82, 2.24) is 0 Å². The van der Waals surface area contributed by atoms with E-state index in [1.807, 2.05) is 6.07 Å². The number of alkyl halides is 2. The Labute approximate surface area is 107 Å². The van der Waals surface area contributed by atoms with E-state index in [2.05, 4.69) is 14.8 Å². The molecule has 0 amide bonds. The summed E-state index contributed by atoms with van der Waals surface area (Å²) in [5.74, 6) is 0.00101. The molecule has 4 nitrogen and oxygen atoms in total. The highest BCUT2D eigenvalue weighted by Crippen LogP contribution is 2.42. The Hall–Kier alpha value is -2.50. The zero-order chi connectivity index (χ0) is 13.5. The van der Waals surface area contributed by atoms with Gasteiger partial charge in [0, 0.05) is 11.8 Å². The molecule has 0 saturated heterocycles. The van der Waals surface area contributed by atoms with Crippen LogP contribution < -0.4 is 20.5 Å². The highest BCUT2D eigenvalue weighted by atomic mass is 19.3. The summed E-state index contributed by atoms with van der Waals surface area (Å²) in [6.07, 6.45) is -3.60. The maximum absolute atomic E-state index is 12.9. The zero-order valence-corrected chi connectivity index (χ0v) is 9.69. The fourth-order valence-electron chi connectivity index (χ4n) is 1.79. The molecule has 0 saturated carbocycles. The molecule has 0 radical (unpaired) electrons. The van der Waals surface area contributed by atoms with E-state index in [-0.39, 0.29) is 11.5 Å². The molecule has 0 bridgehead atoms. The largest absolute Gasteiger partial charge is 0.586 e. The predicted molar refractivity (Wildman–Crippen MR) is 66.8 cm³/mol. The minimum Gasteiger partial charge on any atom is -0.397 e. The number of benzene rings is 2. The molecule has 6 heteroatoms. The van der Waals surface area contributed by atoms with Crippen molar-refractivity contribution in [1.29, 1.82) is 0 Å². The van der Waals surface area contributed by atoms with Crippen LogP contribution in [0.1, 0.15) is 0 Å². The third-order valence-corrected chi connectivity index (χ3v) is 2.64. The molecule has 1 aliphatic heterocycles. The maximum Gasteiger partial charge on any atom is 0.586 e. The molecule has 0 aliphatic carbocycles. The lowest BCUT2D eigenvalue weighted by Crippen LogP contribution is -2.25. The third-order valence-electron chi connectivity index (χ3n) is 2.64. The molecule has 3 rings (SSSR count). The summed E-state index contributed by atoms with van der Waals surface area (Å²) in [6.45, 7) is 0. The summed E-state index contributed by atoms with van der Waals surface area (Å²) in [4.78, 5) is 0. The van der Waals surface area contributed by atoms with Crippen LogP contribution in [0.2, 0.25) is 0 Å². The van der Waals surface area contributed by atoms with Crippen LogP contribution in [-0.2, 0) is 0 Å². The first-order valence-electron chi connectivity index (χ1n) is 5.55. The molecule has 2 aromatic carbocycles. The second-order valence-electron chi connectivity index (χ2n) is 4.04. The number of nitrogens with one attached hydrogen (secondary N) is 1. The Morgan fingerprint density at radius 3 is 2.53 bits per heavy atom. The van der Waals surface area contributed by atoms with Crippen molar-refractivity contribution in [3.63, 3.8) is 0 Å². The molecular weight excluding hydrogens is 254 g/mol. The third kappa shape index (κ3) is 2.24. The van der Waals surface area contributed by atoms with Crippen LogP contribution in [0.25, 0.3) is 0 Å². The van der Waals surface area contributed by atoms with Crippen molar-refractivity contribution in [2.45, 2.75) is 6.29 Å². The number of hydrogen-bond donors (Lipinski definition) is 2. The van der Waals surface area contributed by atoms with Gasteiger partial charge in [0.05, 0.1) is 11.4 Å². The highest BCUT2D eigenvalue weighted by molar-refractivity contribution is 5.73. The van der Waals surface area contributed by atoms with Crippen LogP contribution in [-0.4, -0.2) is 6.29 Å². The Balaban J connectivity index is 1.87. The summed E-state index contributed by atoms with van der Waals surface area (Å²) in [5, 5.41) is 3.02. The van der Waals surface area contributed by atoms with E-state index in [9.17, 15) is 8.78 Å². The number of rotatable bonds is 2. The average Bonchev–Trinajstić information content (AvgIpc) is 2.65. The smallest absolute Gasteiger partial charge is 0.397 e. The first-order chi connectivity index (χ1) is 9.03. The summed E-state index contributed by atoms with van der Waals surface area (Å²) in [6, 6.07) is 11.6. The predicted octanol–water partition coefficient (Wildman–Crippen LogP) is 3.33. The van der Waals surface area contributed by atoms with Gasteiger partial charge in [-0.2, -0.15) is 0 Å². The zero-order valence-electron chi connectivity index (χ0n) is 9.69. The normalized spacial score (nSPS) is 15.3. The van der Waals surface area contributed by atoms with Gasteiger partial charge in [-0.05, 0) is 24.3 Å². The van der Waals surface area contributed by atoms with Gasteiger partial charge < -0.3 is 20.5 Å². The van der Waals surface area contributed by atoms with Gasteiger partial charge in [-0.15, -0.1) is 8.78 Å². The molecule has 0 spiro atoms. The van der Waals surface area contributed by atoms with Gasteiger partial charge in [0.15, 0.2) is 11.5 Å². The summed E-state index contributed by atoms with van der Waals surface area (Å²) in [7, 11) is 0. The minimum atomic E-state index is -3.60. The molecule has 3 N–H and O–H groups in total. The van der Waals surface area contributed by atoms with Gasteiger partial charge in [0.2, 0.25) is 0 Å². The summed E-state index contributed by atoms with van der Waals surface area (Å²) in [5.41, 5.74) is 7.62. The molecule has 0 aromatic heterocycles. The van der Waals surface area contributed by atoms with Crippen LogP contribution >= 0.6 is 0 Å². The molecule has 19 heavy (non-hydrogen) atoms. The van der Waals surface area contributed by atoms with Crippen molar-refractivity contribution in [2.75, 3.05) is 11.1 Å². The highest BCUT2D eigenvalue weighted by Gasteiger charge is 2.43. The number of hydrogen-bond acceptors (Lipinski definition) is 4. The number of para-hydroxylation sites is 2. The Morgan fingerprint density at radius 1 is 1.00 bits per heavy atom. The molecular formula is C13H10F2N2O2. The summed E-state index contributed by atoms with van der Waals surface area (Å²) < 4.78 is 34.4. The number of fused-ring (bicyclic) bond motifs is 1. The second kappa shape index (κ2) is 4.01. The Bertz CT molecular complexity index is 632. The van der Waals surface area contributed by atoms with E-state index >= 15 is 0 Å². The number of anilines is 3. The average molecular weight is 264 g/mol. The number of ether oxygens (including phenoxy) is 2. The maximum atomic E-state index is 12.9. The van der Waals surface area contributed by atoms with Gasteiger partial charge in [-0.25, -0.2) is 0 Å². The van der Waals surface area contributed by atoms with Gasteiger partial charge >= 0.3 is 6.29 Å². The SMILES string of the molecule is Nc1ccccc1Nc1ccc2c(c1)OC(F)(F)O2. The standard InChI is InChI=1S/C13H10F2N2O2/c14-13(15)18-11-6-5-8(7-12(11)19-13)17-10-4-2-1-3-9(10)16/h1-7,17H,16H2. The van der Waals surface area contributed by atoms with Crippen molar-refractivity contribution in [3.05, 3.63) is 42.5 Å². The van der Waals surface area contributed by atoms with Crippen molar-refractivity contribution < 1.29 is 18.3 Å². The van der Waals surface area contributed by atoms with E-state index in [0.717, 1.165) is 0 Å². The number of nitrogens with two attached hydrogens (primary N) is 1. The Morgan fingerprint density at radius 2 is 1.74 bits per heavy atom. The molecule has 98 valence electrons. The fraction of sp³-hybridized carbons (Fsp3) is 0.0769. The van der Waals surface area contributed by atoms with E-state index in [4.69, 9.17) is 5.73 Å². The molecule has 1 aliphatic rings. The first-order valence-corrected chi connectivity index (χ1v) is 5.55. The van der Waals surface area contributed by atoms with Gasteiger partial charge in [-0.3, -0.25) is 0 Å². The molecule has 2 aromatic rings. The van der Waals surface area contributed by atoms with E-state index in [1.54, 1.807) is 24.3 Å². The van der Waals surface area contributed by atoms with E-state index in [0.29, 0.717) is 17.1 Å². The summed E-state index contributed by atoms with van der Waals surface area (Å²) >= 11 is 0. The van der Waals surface area contributed by atoms with Crippen LogP contribution in [0.5, 0.6) is 11.5 Å². The molecule has 1 heterocycles. The lowest BCUT2D eigenvalue weighted by Gasteiger charge is -2.09. The van der Waals surface area contributed by atoms with Gasteiger partial charge in [-0.1, -0.05) is 12.1 Å². The Kier molecular flexibility index (Phi) is 2.45. The topological polar surface area (TPSA) is 56.5 Å². The molecule has 0 atom stereocenters. The quantitative estimate of drug-likeness (QED) is 0.817. The van der Waals surface area contributed by atoms with Crippen LogP contribution in [0, 0.1) is 0 Å². The van der Waals surface area contributed by atoms with Crippen molar-refractivity contribution in [2.24, 2.45) is 0 Å². The first kappa shape index (κ1) is 11.6. The second-order valence-corrected chi connectivity index (χ2v) is 4.04. The van der Waals surface area contributed by atoms with Crippen molar-refractivity contribution in [3.8, 4) is 11.5 Å². The van der Waals surface area contributed by atoms with Crippen molar-refractivity contribution >= 4 is 17.1 Å². The lowest BCUT2D eigenvalue weighted by molar-refractivity contribution is -0.286. The van der Waals surface area contributed by atoms with Gasteiger partial charge in [0.25, 0.3) is 0 Å². The number of nitrogen functional groups attached to an aromatic ring is 1. The van der Waals surface area contributed by atoms with E-state index in [1.165, 1.54) is 12.1 Å². The lowest BCUT2D eigenvalue weighted by atomic mass is 10.2. The molecule has 0 fully saturated rings. The fourth-order valence-corrected chi connectivity index (χ4v) is 1.79. The number of halogens is 2. The van der Waals surface area contributed by atoms with E-state index < -0.39 is 6.29 Å². The minimum absolute atomic E-state index is 0.00972. The molecule has 0 unspecified atom stereocenters.